The van der Waals surface area contributed by atoms with E-state index in [1.54, 1.807) is 0 Å². The first-order valence-corrected chi connectivity index (χ1v) is 8.74. The van der Waals surface area contributed by atoms with Crippen molar-refractivity contribution in [1.29, 1.82) is 0 Å². The van der Waals surface area contributed by atoms with Crippen LogP contribution in [0, 0.1) is 0 Å². The van der Waals surface area contributed by atoms with Crippen molar-refractivity contribution in [3.63, 3.8) is 0 Å². The molecule has 0 atom stereocenters. The van der Waals surface area contributed by atoms with E-state index in [1.807, 2.05) is 27.7 Å². The number of rotatable bonds is 5. The van der Waals surface area contributed by atoms with E-state index in [4.69, 9.17) is 9.31 Å². The molecule has 152 valence electrons. The van der Waals surface area contributed by atoms with Crippen LogP contribution in [0.15, 0.2) is 23.7 Å². The fourth-order valence-electron chi connectivity index (χ4n) is 2.61. The minimum atomic E-state index is -4.55. The molecule has 1 aromatic rings. The lowest BCUT2D eigenvalue weighted by Crippen LogP contribution is -2.41. The molecule has 0 radical (unpaired) electrons. The first-order chi connectivity index (χ1) is 12.8. The molecule has 0 saturated carbocycles. The van der Waals surface area contributed by atoms with Crippen molar-refractivity contribution < 1.29 is 32.1 Å². The van der Waals surface area contributed by atoms with Crippen LogP contribution in [-0.4, -0.2) is 37.1 Å². The van der Waals surface area contributed by atoms with Gasteiger partial charge in [0.25, 0.3) is 0 Å². The predicted molar refractivity (Wildman–Crippen MR) is 99.6 cm³/mol. The Morgan fingerprint density at radius 2 is 1.71 bits per heavy atom. The quantitative estimate of drug-likeness (QED) is 0.609. The summed E-state index contributed by atoms with van der Waals surface area (Å²) in [6.07, 6.45) is -2.67. The smallest absolute Gasteiger partial charge is 0.400 e. The molecule has 9 heteroatoms. The first kappa shape index (κ1) is 22.2. The molecule has 1 fully saturated rings. The predicted octanol–water partition coefficient (Wildman–Crippen LogP) is 3.67. The number of alkyl halides is 3. The third-order valence-electron chi connectivity index (χ3n) is 4.98. The summed E-state index contributed by atoms with van der Waals surface area (Å²) >= 11 is 0. The van der Waals surface area contributed by atoms with Crippen molar-refractivity contribution in [2.24, 2.45) is 0 Å². The van der Waals surface area contributed by atoms with Crippen molar-refractivity contribution >= 4 is 25.4 Å². The zero-order valence-corrected chi connectivity index (χ0v) is 16.4. The highest BCUT2D eigenvalue weighted by atomic mass is 19.4. The zero-order chi connectivity index (χ0) is 21.3. The SMILES string of the molecule is CC(=O)NCC(=Cc1cc(C(F)(F)F)ccc1C=O)B1OC(C)(C)C(C)(C)O1. The van der Waals surface area contributed by atoms with E-state index in [1.165, 1.54) is 13.0 Å². The Kier molecular flexibility index (Phi) is 6.11. The van der Waals surface area contributed by atoms with Gasteiger partial charge in [-0.2, -0.15) is 13.2 Å². The molecule has 0 aromatic heterocycles. The number of halogens is 3. The van der Waals surface area contributed by atoms with E-state index in [0.717, 1.165) is 18.2 Å². The summed E-state index contributed by atoms with van der Waals surface area (Å²) in [5, 5.41) is 2.60. The first-order valence-electron chi connectivity index (χ1n) is 8.74. The molecule has 1 saturated heterocycles. The van der Waals surface area contributed by atoms with Crippen LogP contribution in [0.1, 0.15) is 56.1 Å². The van der Waals surface area contributed by atoms with Crippen molar-refractivity contribution in [2.45, 2.75) is 52.0 Å². The number of amides is 1. The van der Waals surface area contributed by atoms with Crippen molar-refractivity contribution in [1.82, 2.24) is 5.32 Å². The fraction of sp³-hybridized carbons (Fsp3) is 0.474. The number of carbonyl (C=O) groups excluding carboxylic acids is 2. The summed E-state index contributed by atoms with van der Waals surface area (Å²) in [7, 11) is -0.883. The number of carbonyl (C=O) groups is 2. The second kappa shape index (κ2) is 7.71. The van der Waals surface area contributed by atoms with Crippen LogP contribution in [0.25, 0.3) is 6.08 Å². The van der Waals surface area contributed by atoms with E-state index >= 15 is 0 Å². The summed E-state index contributed by atoms with van der Waals surface area (Å²) in [4.78, 5) is 22.7. The number of benzene rings is 1. The summed E-state index contributed by atoms with van der Waals surface area (Å²) in [6.45, 7) is 8.67. The Morgan fingerprint density at radius 1 is 1.14 bits per heavy atom. The van der Waals surface area contributed by atoms with Crippen LogP contribution < -0.4 is 5.32 Å². The second-order valence-corrected chi connectivity index (χ2v) is 7.68. The highest BCUT2D eigenvalue weighted by Crippen LogP contribution is 2.39. The summed E-state index contributed by atoms with van der Waals surface area (Å²) < 4.78 is 51.1. The van der Waals surface area contributed by atoms with Crippen LogP contribution >= 0.6 is 0 Å². The summed E-state index contributed by atoms with van der Waals surface area (Å²) in [6, 6.07) is 2.86. The van der Waals surface area contributed by atoms with E-state index in [-0.39, 0.29) is 23.6 Å². The summed E-state index contributed by atoms with van der Waals surface area (Å²) in [5.74, 6) is -0.318. The lowest BCUT2D eigenvalue weighted by atomic mass is 9.76. The maximum absolute atomic E-state index is 13.1. The Hall–Kier alpha value is -2.13. The van der Waals surface area contributed by atoms with Gasteiger partial charge in [0.05, 0.1) is 16.8 Å². The van der Waals surface area contributed by atoms with Gasteiger partial charge in [-0.3, -0.25) is 9.59 Å². The molecule has 1 aromatic carbocycles. The van der Waals surface area contributed by atoms with Gasteiger partial charge in [0.2, 0.25) is 5.91 Å². The molecule has 2 rings (SSSR count). The standard InChI is InChI=1S/C19H23BF3NO4/c1-12(26)24-10-16(20-27-17(2,3)18(4,5)28-20)9-14-8-15(19(21,22)23)7-6-13(14)11-25/h6-9,11H,10H2,1-5H3,(H,24,26). The van der Waals surface area contributed by atoms with Gasteiger partial charge >= 0.3 is 13.3 Å². The molecule has 0 unspecified atom stereocenters. The van der Waals surface area contributed by atoms with Gasteiger partial charge in [-0.1, -0.05) is 12.1 Å². The molecule has 1 N–H and O–H groups in total. The molecular weight excluding hydrogens is 374 g/mol. The van der Waals surface area contributed by atoms with Gasteiger partial charge in [-0.25, -0.2) is 0 Å². The van der Waals surface area contributed by atoms with Gasteiger partial charge in [0.15, 0.2) is 6.29 Å². The van der Waals surface area contributed by atoms with Gasteiger partial charge in [0, 0.05) is 19.0 Å². The number of hydrogen-bond donors (Lipinski definition) is 1. The monoisotopic (exact) mass is 397 g/mol. The van der Waals surface area contributed by atoms with Crippen LogP contribution in [-0.2, 0) is 20.3 Å². The highest BCUT2D eigenvalue weighted by Gasteiger charge is 2.52. The minimum absolute atomic E-state index is 0.000697. The van der Waals surface area contributed by atoms with E-state index in [9.17, 15) is 22.8 Å². The maximum Gasteiger partial charge on any atom is 0.492 e. The molecule has 0 aliphatic carbocycles. The molecule has 1 aliphatic heterocycles. The number of aldehydes is 1. The minimum Gasteiger partial charge on any atom is -0.400 e. The molecule has 0 bridgehead atoms. The third-order valence-corrected chi connectivity index (χ3v) is 4.98. The Balaban J connectivity index is 2.51. The Bertz CT molecular complexity index is 787. The Labute approximate surface area is 162 Å². The second-order valence-electron chi connectivity index (χ2n) is 7.68. The Morgan fingerprint density at radius 3 is 2.18 bits per heavy atom. The van der Waals surface area contributed by atoms with E-state index in [2.05, 4.69) is 5.32 Å². The molecule has 5 nitrogen and oxygen atoms in total. The number of hydrogen-bond acceptors (Lipinski definition) is 4. The van der Waals surface area contributed by atoms with Crippen molar-refractivity contribution in [2.75, 3.05) is 6.54 Å². The van der Waals surface area contributed by atoms with Crippen LogP contribution in [0.2, 0.25) is 0 Å². The van der Waals surface area contributed by atoms with Gasteiger partial charge < -0.3 is 14.6 Å². The summed E-state index contributed by atoms with van der Waals surface area (Å²) in [5.41, 5.74) is -1.67. The van der Waals surface area contributed by atoms with Crippen molar-refractivity contribution in [3.8, 4) is 0 Å². The molecular formula is C19H23BF3NO4. The third kappa shape index (κ3) is 4.83. The molecule has 0 spiro atoms. The zero-order valence-electron chi connectivity index (χ0n) is 16.4. The lowest BCUT2D eigenvalue weighted by molar-refractivity contribution is -0.137. The molecule has 28 heavy (non-hydrogen) atoms. The van der Waals surface area contributed by atoms with Gasteiger partial charge in [-0.15, -0.1) is 0 Å². The topological polar surface area (TPSA) is 64.6 Å². The normalized spacial score (nSPS) is 18.9. The average molecular weight is 397 g/mol. The average Bonchev–Trinajstić information content (AvgIpc) is 2.77. The van der Waals surface area contributed by atoms with E-state index < -0.39 is 30.1 Å². The van der Waals surface area contributed by atoms with Crippen LogP contribution in [0.4, 0.5) is 13.2 Å². The van der Waals surface area contributed by atoms with Gasteiger partial charge in [-0.05, 0) is 50.9 Å². The van der Waals surface area contributed by atoms with Crippen molar-refractivity contribution in [3.05, 3.63) is 40.4 Å². The number of nitrogens with one attached hydrogen (secondary N) is 1. The lowest BCUT2D eigenvalue weighted by Gasteiger charge is -2.32. The van der Waals surface area contributed by atoms with Crippen LogP contribution in [0.5, 0.6) is 0 Å². The molecule has 1 aliphatic rings. The largest absolute Gasteiger partial charge is 0.492 e. The van der Waals surface area contributed by atoms with E-state index in [0.29, 0.717) is 11.8 Å². The van der Waals surface area contributed by atoms with Crippen LogP contribution in [0.3, 0.4) is 0 Å². The maximum atomic E-state index is 13.1. The fourth-order valence-corrected chi connectivity index (χ4v) is 2.61. The molecule has 1 amide bonds. The molecule has 1 heterocycles. The van der Waals surface area contributed by atoms with Gasteiger partial charge in [0.1, 0.15) is 0 Å². The highest BCUT2D eigenvalue weighted by molar-refractivity contribution is 6.56.